The summed E-state index contributed by atoms with van der Waals surface area (Å²) in [6.45, 7) is 5.04. The van der Waals surface area contributed by atoms with Crippen molar-refractivity contribution in [3.8, 4) is 0 Å². The molecular formula is C19H20BrN3OS2. The predicted octanol–water partition coefficient (Wildman–Crippen LogP) is 5.43. The molecule has 0 aliphatic carbocycles. The van der Waals surface area contributed by atoms with Crippen LogP contribution in [0.1, 0.15) is 29.9 Å². The van der Waals surface area contributed by atoms with E-state index < -0.39 is 0 Å². The third kappa shape index (κ3) is 3.63. The summed E-state index contributed by atoms with van der Waals surface area (Å²) in [5, 5.41) is 1.77. The third-order valence-electron chi connectivity index (χ3n) is 4.60. The Morgan fingerprint density at radius 2 is 2.08 bits per heavy atom. The quantitative estimate of drug-likeness (QED) is 0.425. The van der Waals surface area contributed by atoms with Crippen LogP contribution < -0.4 is 5.73 Å². The van der Waals surface area contributed by atoms with Crippen molar-refractivity contribution in [1.82, 2.24) is 9.97 Å². The first-order chi connectivity index (χ1) is 12.5. The number of nitrogens with two attached hydrogens (primary N) is 1. The molecule has 0 radical (unpaired) electrons. The minimum Gasteiger partial charge on any atom is -0.383 e. The number of nitrogen functional groups attached to an aromatic ring is 1. The number of ether oxygens (including phenoxy) is 1. The number of aromatic nitrogens is 2. The number of halogens is 1. The third-order valence-corrected chi connectivity index (χ3v) is 7.15. The van der Waals surface area contributed by atoms with E-state index in [0.717, 1.165) is 32.0 Å². The van der Waals surface area contributed by atoms with Crippen LogP contribution in [0.3, 0.4) is 0 Å². The predicted molar refractivity (Wildman–Crippen MR) is 113 cm³/mol. The fourth-order valence-electron chi connectivity index (χ4n) is 3.11. The molecule has 0 saturated carbocycles. The molecular weight excluding hydrogens is 430 g/mol. The van der Waals surface area contributed by atoms with Gasteiger partial charge in [-0.2, -0.15) is 0 Å². The number of benzene rings is 1. The Hall–Kier alpha value is -1.15. The Labute approximate surface area is 169 Å². The second kappa shape index (κ2) is 7.46. The molecule has 136 valence electrons. The van der Waals surface area contributed by atoms with Crippen molar-refractivity contribution in [1.29, 1.82) is 0 Å². The SMILES string of the molecule is CC(C)[C@@H]1Cc2c(sc3nc(SCc4ccc(Br)cc4)nc(N)c23)CO1. The van der Waals surface area contributed by atoms with Crippen molar-refractivity contribution in [2.24, 2.45) is 5.92 Å². The Kier molecular flexibility index (Phi) is 5.23. The molecule has 3 aromatic rings. The van der Waals surface area contributed by atoms with Gasteiger partial charge in [-0.25, -0.2) is 9.97 Å². The van der Waals surface area contributed by atoms with E-state index in [1.54, 1.807) is 23.1 Å². The zero-order valence-corrected chi connectivity index (χ0v) is 17.9. The molecule has 0 spiro atoms. The molecule has 2 N–H and O–H groups in total. The molecule has 4 rings (SSSR count). The zero-order chi connectivity index (χ0) is 18.3. The fourth-order valence-corrected chi connectivity index (χ4v) is 5.37. The molecule has 4 nitrogen and oxygen atoms in total. The van der Waals surface area contributed by atoms with Crippen molar-refractivity contribution in [2.75, 3.05) is 5.73 Å². The zero-order valence-electron chi connectivity index (χ0n) is 14.7. The Morgan fingerprint density at radius 3 is 2.81 bits per heavy atom. The number of anilines is 1. The van der Waals surface area contributed by atoms with E-state index in [9.17, 15) is 0 Å². The van der Waals surface area contributed by atoms with E-state index in [0.29, 0.717) is 18.3 Å². The van der Waals surface area contributed by atoms with Crippen molar-refractivity contribution in [2.45, 2.75) is 43.9 Å². The smallest absolute Gasteiger partial charge is 0.191 e. The highest BCUT2D eigenvalue weighted by Gasteiger charge is 2.27. The number of nitrogens with zero attached hydrogens (tertiary/aromatic N) is 2. The molecule has 1 aliphatic heterocycles. The molecule has 1 aromatic carbocycles. The van der Waals surface area contributed by atoms with Crippen LogP contribution in [-0.4, -0.2) is 16.1 Å². The van der Waals surface area contributed by atoms with Crippen LogP contribution in [0.2, 0.25) is 0 Å². The lowest BCUT2D eigenvalue weighted by molar-refractivity contribution is 0.00203. The van der Waals surface area contributed by atoms with Gasteiger partial charge < -0.3 is 10.5 Å². The van der Waals surface area contributed by atoms with Crippen LogP contribution in [0.5, 0.6) is 0 Å². The molecule has 7 heteroatoms. The molecule has 0 fully saturated rings. The highest BCUT2D eigenvalue weighted by atomic mass is 79.9. The van der Waals surface area contributed by atoms with Gasteiger partial charge in [-0.1, -0.05) is 53.7 Å². The van der Waals surface area contributed by atoms with Gasteiger partial charge in [-0.15, -0.1) is 11.3 Å². The first-order valence-electron chi connectivity index (χ1n) is 8.58. The van der Waals surface area contributed by atoms with Crippen LogP contribution in [0.25, 0.3) is 10.2 Å². The monoisotopic (exact) mass is 449 g/mol. The van der Waals surface area contributed by atoms with Crippen LogP contribution in [-0.2, 0) is 23.5 Å². The summed E-state index contributed by atoms with van der Waals surface area (Å²) in [4.78, 5) is 11.6. The average molecular weight is 450 g/mol. The topological polar surface area (TPSA) is 61.0 Å². The average Bonchev–Trinajstić information content (AvgIpc) is 2.99. The van der Waals surface area contributed by atoms with Gasteiger partial charge in [0.2, 0.25) is 0 Å². The van der Waals surface area contributed by atoms with Gasteiger partial charge in [0.1, 0.15) is 10.6 Å². The Balaban J connectivity index is 1.60. The summed E-state index contributed by atoms with van der Waals surface area (Å²) in [6.07, 6.45) is 1.14. The van der Waals surface area contributed by atoms with Crippen molar-refractivity contribution >= 4 is 55.1 Å². The van der Waals surface area contributed by atoms with Gasteiger partial charge in [0.25, 0.3) is 0 Å². The lowest BCUT2D eigenvalue weighted by atomic mass is 9.96. The summed E-state index contributed by atoms with van der Waals surface area (Å²) in [5.74, 6) is 1.90. The van der Waals surface area contributed by atoms with Gasteiger partial charge in [-0.05, 0) is 29.2 Å². The van der Waals surface area contributed by atoms with E-state index in [-0.39, 0.29) is 6.10 Å². The number of hydrogen-bond donors (Lipinski definition) is 1. The van der Waals surface area contributed by atoms with Crippen molar-refractivity contribution in [3.05, 3.63) is 44.7 Å². The molecule has 0 saturated heterocycles. The number of thioether (sulfide) groups is 1. The standard InChI is InChI=1S/C19H20BrN3OS2/c1-10(2)14-7-13-15(8-24-14)26-18-16(13)17(21)22-19(23-18)25-9-11-3-5-12(20)6-4-11/h3-6,10,14H,7-9H2,1-2H3,(H2,21,22,23)/t14-/m0/s1. The molecule has 0 unspecified atom stereocenters. The van der Waals surface area contributed by atoms with Crippen molar-refractivity contribution < 1.29 is 4.74 Å². The lowest BCUT2D eigenvalue weighted by Crippen LogP contribution is -2.26. The largest absolute Gasteiger partial charge is 0.383 e. The highest BCUT2D eigenvalue weighted by Crippen LogP contribution is 2.39. The molecule has 0 amide bonds. The van der Waals surface area contributed by atoms with Gasteiger partial charge in [-0.3, -0.25) is 0 Å². The maximum atomic E-state index is 6.33. The van der Waals surface area contributed by atoms with Gasteiger partial charge in [0.05, 0.1) is 18.1 Å². The van der Waals surface area contributed by atoms with Crippen LogP contribution >= 0.6 is 39.0 Å². The van der Waals surface area contributed by atoms with E-state index >= 15 is 0 Å². The van der Waals surface area contributed by atoms with E-state index in [1.165, 1.54) is 16.0 Å². The second-order valence-electron chi connectivity index (χ2n) is 6.79. The van der Waals surface area contributed by atoms with Gasteiger partial charge in [0.15, 0.2) is 5.16 Å². The first kappa shape index (κ1) is 18.2. The number of rotatable bonds is 4. The van der Waals surface area contributed by atoms with Gasteiger partial charge in [0, 0.05) is 21.5 Å². The number of fused-ring (bicyclic) bond motifs is 3. The summed E-state index contributed by atoms with van der Waals surface area (Å²) in [7, 11) is 0. The Bertz CT molecular complexity index is 940. The lowest BCUT2D eigenvalue weighted by Gasteiger charge is -2.26. The second-order valence-corrected chi connectivity index (χ2v) is 9.73. The van der Waals surface area contributed by atoms with Crippen molar-refractivity contribution in [3.63, 3.8) is 0 Å². The summed E-state index contributed by atoms with van der Waals surface area (Å²) in [5.41, 5.74) is 8.86. The van der Waals surface area contributed by atoms with Gasteiger partial charge >= 0.3 is 0 Å². The maximum absolute atomic E-state index is 6.33. The molecule has 1 aliphatic rings. The summed E-state index contributed by atoms with van der Waals surface area (Å²) >= 11 is 6.77. The minimum absolute atomic E-state index is 0.242. The highest BCUT2D eigenvalue weighted by molar-refractivity contribution is 9.10. The molecule has 3 heterocycles. The molecule has 2 aromatic heterocycles. The summed E-state index contributed by atoms with van der Waals surface area (Å²) < 4.78 is 7.08. The fraction of sp³-hybridized carbons (Fsp3) is 0.368. The minimum atomic E-state index is 0.242. The normalized spacial score (nSPS) is 17.0. The molecule has 1 atom stereocenters. The van der Waals surface area contributed by atoms with Crippen LogP contribution in [0, 0.1) is 5.92 Å². The number of thiophene rings is 1. The summed E-state index contributed by atoms with van der Waals surface area (Å²) in [6, 6.07) is 8.30. The Morgan fingerprint density at radius 1 is 1.31 bits per heavy atom. The maximum Gasteiger partial charge on any atom is 0.191 e. The van der Waals surface area contributed by atoms with E-state index in [2.05, 4.69) is 46.9 Å². The molecule has 0 bridgehead atoms. The van der Waals surface area contributed by atoms with Crippen LogP contribution in [0.4, 0.5) is 5.82 Å². The number of hydrogen-bond acceptors (Lipinski definition) is 6. The van der Waals surface area contributed by atoms with E-state index in [4.69, 9.17) is 15.5 Å². The first-order valence-corrected chi connectivity index (χ1v) is 11.2. The van der Waals surface area contributed by atoms with E-state index in [1.807, 2.05) is 12.1 Å². The molecule has 26 heavy (non-hydrogen) atoms. The van der Waals surface area contributed by atoms with Crippen LogP contribution in [0.15, 0.2) is 33.9 Å².